The monoisotopic (exact) mass is 325 g/mol. The Labute approximate surface area is 121 Å². The topological polar surface area (TPSA) is 55.4 Å². The zero-order valence-corrected chi connectivity index (χ0v) is 12.7. The van der Waals surface area contributed by atoms with E-state index in [-0.39, 0.29) is 5.91 Å². The molecule has 0 aromatic heterocycles. The minimum absolute atomic E-state index is 0.274. The lowest BCUT2D eigenvalue weighted by molar-refractivity contribution is -0.136. The average molecular weight is 326 g/mol. The Morgan fingerprint density at radius 2 is 2.00 bits per heavy atom. The minimum atomic E-state index is -0.760. The summed E-state index contributed by atoms with van der Waals surface area (Å²) in [6, 6.07) is 6.62. The van der Waals surface area contributed by atoms with E-state index < -0.39 is 10.3 Å². The number of benzene rings is 1. The number of hydrogen-bond donors (Lipinski definition) is 1. The molecule has 0 bridgehead atoms. The molecule has 0 aliphatic heterocycles. The fraction of sp³-hybridized carbons (Fsp3) is 0.286. The molecule has 0 heterocycles. The molecular formula is C14H16BrNO3. The van der Waals surface area contributed by atoms with Crippen LogP contribution in [0, 0.1) is 0 Å². The van der Waals surface area contributed by atoms with E-state index >= 15 is 0 Å². The summed E-state index contributed by atoms with van der Waals surface area (Å²) in [5, 5.41) is 2.65. The molecule has 5 heteroatoms. The van der Waals surface area contributed by atoms with Gasteiger partial charge in [0.1, 0.15) is 10.1 Å². The second-order valence-corrected chi connectivity index (χ2v) is 6.61. The Bertz CT molecular complexity index is 518. The number of esters is 1. The number of nitrogens with one attached hydrogen (secondary N) is 1. The third-order valence-electron chi connectivity index (χ3n) is 2.18. The van der Waals surface area contributed by atoms with Gasteiger partial charge in [-0.1, -0.05) is 28.6 Å². The van der Waals surface area contributed by atoms with E-state index in [1.54, 1.807) is 45.0 Å². The van der Waals surface area contributed by atoms with E-state index in [0.717, 1.165) is 0 Å². The molecular weight excluding hydrogens is 310 g/mol. The van der Waals surface area contributed by atoms with Crippen molar-refractivity contribution in [3.8, 4) is 5.75 Å². The summed E-state index contributed by atoms with van der Waals surface area (Å²) in [7, 11) is 0. The Morgan fingerprint density at radius 3 is 2.53 bits per heavy atom. The fourth-order valence-electron chi connectivity index (χ4n) is 1.10. The molecule has 0 unspecified atom stereocenters. The Morgan fingerprint density at radius 1 is 1.37 bits per heavy atom. The van der Waals surface area contributed by atoms with Gasteiger partial charge in [0.15, 0.2) is 0 Å². The van der Waals surface area contributed by atoms with E-state index in [2.05, 4.69) is 27.8 Å². The Balaban J connectivity index is 2.81. The number of anilines is 1. The maximum Gasteiger partial charge on any atom is 0.327 e. The van der Waals surface area contributed by atoms with Crippen molar-refractivity contribution >= 4 is 33.5 Å². The highest BCUT2D eigenvalue weighted by Gasteiger charge is 2.26. The van der Waals surface area contributed by atoms with Gasteiger partial charge < -0.3 is 10.1 Å². The molecule has 0 saturated carbocycles. The summed E-state index contributed by atoms with van der Waals surface area (Å²) >= 11 is 3.22. The molecule has 19 heavy (non-hydrogen) atoms. The second-order valence-electron chi connectivity index (χ2n) is 4.62. The van der Waals surface area contributed by atoms with Gasteiger partial charge in [-0.2, -0.15) is 0 Å². The minimum Gasteiger partial charge on any atom is -0.425 e. The number of amides is 1. The number of alkyl halides is 1. The Hall–Kier alpha value is -1.62. The lowest BCUT2D eigenvalue weighted by atomic mass is 10.2. The normalized spacial score (nSPS) is 10.7. The molecule has 0 spiro atoms. The molecule has 1 amide bonds. The highest BCUT2D eigenvalue weighted by molar-refractivity contribution is 9.10. The maximum absolute atomic E-state index is 11.7. The number of carbonyl (C=O) groups is 2. The van der Waals surface area contributed by atoms with Crippen LogP contribution in [0.25, 0.3) is 0 Å². The summed E-state index contributed by atoms with van der Waals surface area (Å²) in [4.78, 5) is 23.2. The van der Waals surface area contributed by atoms with Crippen molar-refractivity contribution in [3.63, 3.8) is 0 Å². The number of rotatable bonds is 4. The van der Waals surface area contributed by atoms with Crippen LogP contribution in [-0.4, -0.2) is 16.2 Å². The first kappa shape index (κ1) is 15.4. The van der Waals surface area contributed by atoms with Crippen LogP contribution in [0.2, 0.25) is 0 Å². The maximum atomic E-state index is 11.7. The molecule has 4 nitrogen and oxygen atoms in total. The largest absolute Gasteiger partial charge is 0.425 e. The standard InChI is InChI=1S/C14H16BrNO3/c1-9(2)12(17)16-10-6-5-7-11(8-10)19-13(18)14(3,4)15/h5-8H,1H2,2-4H3,(H,16,17). The van der Waals surface area contributed by atoms with E-state index in [1.807, 2.05) is 0 Å². The highest BCUT2D eigenvalue weighted by atomic mass is 79.9. The summed E-state index contributed by atoms with van der Waals surface area (Å²) in [6.45, 7) is 8.56. The molecule has 0 aliphatic carbocycles. The fourth-order valence-corrected chi connectivity index (χ4v) is 1.18. The van der Waals surface area contributed by atoms with Crippen molar-refractivity contribution in [3.05, 3.63) is 36.4 Å². The average Bonchev–Trinajstić information content (AvgIpc) is 2.27. The SMILES string of the molecule is C=C(C)C(=O)Nc1cccc(OC(=O)C(C)(C)Br)c1. The quantitative estimate of drug-likeness (QED) is 0.400. The number of carbonyl (C=O) groups excluding carboxylic acids is 2. The van der Waals surface area contributed by atoms with Crippen molar-refractivity contribution in [2.75, 3.05) is 5.32 Å². The number of ether oxygens (including phenoxy) is 1. The van der Waals surface area contributed by atoms with E-state index in [9.17, 15) is 9.59 Å². The molecule has 1 aromatic rings. The first-order chi connectivity index (χ1) is 8.70. The third-order valence-corrected chi connectivity index (χ3v) is 2.50. The van der Waals surface area contributed by atoms with Gasteiger partial charge in [-0.15, -0.1) is 0 Å². The highest BCUT2D eigenvalue weighted by Crippen LogP contribution is 2.23. The summed E-state index contributed by atoms with van der Waals surface area (Å²) in [6.07, 6.45) is 0. The summed E-state index contributed by atoms with van der Waals surface area (Å²) < 4.78 is 4.44. The van der Waals surface area contributed by atoms with Crippen LogP contribution < -0.4 is 10.1 Å². The first-order valence-electron chi connectivity index (χ1n) is 5.68. The van der Waals surface area contributed by atoms with E-state index in [4.69, 9.17) is 4.74 Å². The lowest BCUT2D eigenvalue weighted by Gasteiger charge is -2.15. The molecule has 0 fully saturated rings. The van der Waals surface area contributed by atoms with Crippen molar-refractivity contribution in [2.24, 2.45) is 0 Å². The van der Waals surface area contributed by atoms with Crippen molar-refractivity contribution in [1.29, 1.82) is 0 Å². The number of hydrogen-bond acceptors (Lipinski definition) is 3. The molecule has 0 saturated heterocycles. The van der Waals surface area contributed by atoms with Gasteiger partial charge in [0.2, 0.25) is 0 Å². The van der Waals surface area contributed by atoms with Gasteiger partial charge in [-0.05, 0) is 32.9 Å². The summed E-state index contributed by atoms with van der Waals surface area (Å²) in [5.41, 5.74) is 0.953. The predicted octanol–water partition coefficient (Wildman–Crippen LogP) is 3.28. The smallest absolute Gasteiger partial charge is 0.327 e. The van der Waals surface area contributed by atoms with E-state index in [0.29, 0.717) is 17.0 Å². The van der Waals surface area contributed by atoms with Crippen molar-refractivity contribution in [1.82, 2.24) is 0 Å². The van der Waals surface area contributed by atoms with Crippen LogP contribution in [-0.2, 0) is 9.59 Å². The van der Waals surface area contributed by atoms with Crippen LogP contribution in [0.3, 0.4) is 0 Å². The van der Waals surface area contributed by atoms with Gasteiger partial charge in [-0.3, -0.25) is 9.59 Å². The van der Waals surface area contributed by atoms with Crippen LogP contribution >= 0.6 is 15.9 Å². The van der Waals surface area contributed by atoms with Gasteiger partial charge in [0.25, 0.3) is 5.91 Å². The predicted molar refractivity (Wildman–Crippen MR) is 78.5 cm³/mol. The summed E-state index contributed by atoms with van der Waals surface area (Å²) in [5.74, 6) is -0.308. The lowest BCUT2D eigenvalue weighted by Crippen LogP contribution is -2.29. The molecule has 0 aliphatic rings. The van der Waals surface area contributed by atoms with Crippen LogP contribution in [0.5, 0.6) is 5.75 Å². The molecule has 1 N–H and O–H groups in total. The van der Waals surface area contributed by atoms with Crippen LogP contribution in [0.4, 0.5) is 5.69 Å². The Kier molecular flexibility index (Phi) is 4.89. The zero-order valence-electron chi connectivity index (χ0n) is 11.1. The molecule has 1 aromatic carbocycles. The molecule has 102 valence electrons. The van der Waals surface area contributed by atoms with Gasteiger partial charge in [0.05, 0.1) is 0 Å². The zero-order chi connectivity index (χ0) is 14.6. The van der Waals surface area contributed by atoms with Gasteiger partial charge in [0, 0.05) is 17.3 Å². The molecule has 0 atom stereocenters. The molecule has 0 radical (unpaired) electrons. The van der Waals surface area contributed by atoms with Crippen molar-refractivity contribution in [2.45, 2.75) is 25.1 Å². The third kappa shape index (κ3) is 4.87. The first-order valence-corrected chi connectivity index (χ1v) is 6.47. The van der Waals surface area contributed by atoms with Crippen molar-refractivity contribution < 1.29 is 14.3 Å². The molecule has 1 rings (SSSR count). The van der Waals surface area contributed by atoms with E-state index in [1.165, 1.54) is 0 Å². The number of halogens is 1. The van der Waals surface area contributed by atoms with Gasteiger partial charge >= 0.3 is 5.97 Å². The van der Waals surface area contributed by atoms with Crippen LogP contribution in [0.1, 0.15) is 20.8 Å². The van der Waals surface area contributed by atoms with Crippen LogP contribution in [0.15, 0.2) is 36.4 Å². The second kappa shape index (κ2) is 6.02. The van der Waals surface area contributed by atoms with Gasteiger partial charge in [-0.25, -0.2) is 0 Å².